The summed E-state index contributed by atoms with van der Waals surface area (Å²) < 4.78 is 39.8. The SMILES string of the molecule is COc1ccc(-c2ccc3c(c2)c2c(n3Cc3ccc(C)cc3)CCC(OS(=O)(=O)c3ccc(C)cc3)C2)cc1. The van der Waals surface area contributed by atoms with Gasteiger partial charge in [0.15, 0.2) is 0 Å². The average Bonchev–Trinajstić information content (AvgIpc) is 3.26. The van der Waals surface area contributed by atoms with E-state index in [0.717, 1.165) is 46.3 Å². The van der Waals surface area contributed by atoms with Crippen molar-refractivity contribution in [3.05, 3.63) is 119 Å². The van der Waals surface area contributed by atoms with Gasteiger partial charge >= 0.3 is 0 Å². The molecule has 1 unspecified atom stereocenters. The summed E-state index contributed by atoms with van der Waals surface area (Å²) in [5.74, 6) is 0.821. The van der Waals surface area contributed by atoms with Crippen LogP contribution in [0.1, 0.15) is 34.4 Å². The second-order valence-electron chi connectivity index (χ2n) is 10.7. The van der Waals surface area contributed by atoms with E-state index in [4.69, 9.17) is 8.92 Å². The number of aromatic nitrogens is 1. The van der Waals surface area contributed by atoms with Gasteiger partial charge in [-0.05, 0) is 85.3 Å². The Bertz CT molecular complexity index is 1770. The van der Waals surface area contributed by atoms with Crippen LogP contribution >= 0.6 is 0 Å². The molecule has 1 atom stereocenters. The van der Waals surface area contributed by atoms with E-state index < -0.39 is 16.2 Å². The van der Waals surface area contributed by atoms with Crippen molar-refractivity contribution < 1.29 is 17.3 Å². The molecule has 1 aliphatic carbocycles. The molecule has 5 nitrogen and oxygen atoms in total. The van der Waals surface area contributed by atoms with E-state index in [1.807, 2.05) is 19.1 Å². The smallest absolute Gasteiger partial charge is 0.297 e. The number of ether oxygens (including phenoxy) is 1. The minimum Gasteiger partial charge on any atom is -0.497 e. The zero-order chi connectivity index (χ0) is 27.9. The maximum Gasteiger partial charge on any atom is 0.297 e. The van der Waals surface area contributed by atoms with Gasteiger partial charge in [0, 0.05) is 29.6 Å². The number of fused-ring (bicyclic) bond motifs is 3. The van der Waals surface area contributed by atoms with Gasteiger partial charge in [-0.3, -0.25) is 4.18 Å². The lowest BCUT2D eigenvalue weighted by Gasteiger charge is -2.24. The zero-order valence-electron chi connectivity index (χ0n) is 23.1. The van der Waals surface area contributed by atoms with Crippen LogP contribution in [0.5, 0.6) is 5.75 Å². The fourth-order valence-electron chi connectivity index (χ4n) is 5.66. The third kappa shape index (κ3) is 5.17. The summed E-state index contributed by atoms with van der Waals surface area (Å²) in [5.41, 5.74) is 9.30. The van der Waals surface area contributed by atoms with Crippen molar-refractivity contribution in [1.29, 1.82) is 0 Å². The van der Waals surface area contributed by atoms with Crippen LogP contribution in [0.3, 0.4) is 0 Å². The van der Waals surface area contributed by atoms with Crippen molar-refractivity contribution in [3.63, 3.8) is 0 Å². The van der Waals surface area contributed by atoms with Gasteiger partial charge < -0.3 is 9.30 Å². The minimum absolute atomic E-state index is 0.201. The Hall–Kier alpha value is -3.87. The highest BCUT2D eigenvalue weighted by Crippen LogP contribution is 2.37. The molecule has 0 radical (unpaired) electrons. The molecule has 40 heavy (non-hydrogen) atoms. The largest absolute Gasteiger partial charge is 0.497 e. The van der Waals surface area contributed by atoms with E-state index in [9.17, 15) is 8.42 Å². The lowest BCUT2D eigenvalue weighted by molar-refractivity contribution is 0.191. The maximum absolute atomic E-state index is 13.1. The molecule has 0 N–H and O–H groups in total. The van der Waals surface area contributed by atoms with Gasteiger partial charge in [-0.15, -0.1) is 0 Å². The van der Waals surface area contributed by atoms with Gasteiger partial charge in [0.25, 0.3) is 10.1 Å². The third-order valence-corrected chi connectivity index (χ3v) is 9.25. The first-order chi connectivity index (χ1) is 19.3. The fourth-order valence-corrected chi connectivity index (χ4v) is 6.76. The summed E-state index contributed by atoms with van der Waals surface area (Å²) >= 11 is 0. The summed E-state index contributed by atoms with van der Waals surface area (Å²) in [7, 11) is -2.19. The van der Waals surface area contributed by atoms with Crippen LogP contribution in [0.25, 0.3) is 22.0 Å². The standard InChI is InChI=1S/C34H33NO4S/c1-23-4-8-25(9-5-23)22-35-33-18-12-27(26-10-13-28(38-3)14-11-26)20-31(33)32-21-29(15-19-34(32)35)39-40(36,37)30-16-6-24(2)7-17-30/h4-14,16-18,20,29H,15,19,21-22H2,1-3H3. The first kappa shape index (κ1) is 26.4. The number of hydrogen-bond acceptors (Lipinski definition) is 4. The van der Waals surface area contributed by atoms with Crippen molar-refractivity contribution in [2.24, 2.45) is 0 Å². The minimum atomic E-state index is -3.85. The van der Waals surface area contributed by atoms with Crippen LogP contribution < -0.4 is 4.74 Å². The predicted molar refractivity (Wildman–Crippen MR) is 159 cm³/mol. The van der Waals surface area contributed by atoms with E-state index >= 15 is 0 Å². The molecular weight excluding hydrogens is 518 g/mol. The highest BCUT2D eigenvalue weighted by Gasteiger charge is 2.30. The molecule has 6 rings (SSSR count). The van der Waals surface area contributed by atoms with E-state index in [1.165, 1.54) is 22.4 Å². The van der Waals surface area contributed by atoms with Crippen LogP contribution in [-0.2, 0) is 33.7 Å². The Kier molecular flexibility index (Phi) is 6.99. The third-order valence-electron chi connectivity index (χ3n) is 7.88. The Labute approximate surface area is 236 Å². The van der Waals surface area contributed by atoms with Crippen molar-refractivity contribution in [2.75, 3.05) is 7.11 Å². The number of hydrogen-bond donors (Lipinski definition) is 0. The van der Waals surface area contributed by atoms with Crippen LogP contribution in [-0.4, -0.2) is 26.2 Å². The summed E-state index contributed by atoms with van der Waals surface area (Å²) in [6.45, 7) is 4.80. The molecule has 5 aromatic rings. The lowest BCUT2D eigenvalue weighted by Crippen LogP contribution is -2.26. The Balaban J connectivity index is 1.39. The second-order valence-corrected chi connectivity index (χ2v) is 12.3. The van der Waals surface area contributed by atoms with Crippen LogP contribution in [0.4, 0.5) is 0 Å². The molecule has 6 heteroatoms. The molecule has 204 valence electrons. The quantitative estimate of drug-likeness (QED) is 0.200. The van der Waals surface area contributed by atoms with Gasteiger partial charge in [-0.2, -0.15) is 8.42 Å². The average molecular weight is 552 g/mol. The first-order valence-electron chi connectivity index (χ1n) is 13.6. The highest BCUT2D eigenvalue weighted by atomic mass is 32.2. The van der Waals surface area contributed by atoms with E-state index in [1.54, 1.807) is 31.4 Å². The molecule has 0 bridgehead atoms. The molecule has 1 aliphatic rings. The topological polar surface area (TPSA) is 57.5 Å². The number of methoxy groups -OCH3 is 1. The van der Waals surface area contributed by atoms with Gasteiger partial charge in [-0.1, -0.05) is 65.7 Å². The van der Waals surface area contributed by atoms with Crippen molar-refractivity contribution in [2.45, 2.75) is 50.7 Å². The molecular formula is C34H33NO4S. The summed E-state index contributed by atoms with van der Waals surface area (Å²) in [6.07, 6.45) is 1.53. The van der Waals surface area contributed by atoms with E-state index in [0.29, 0.717) is 12.8 Å². The van der Waals surface area contributed by atoms with Gasteiger partial charge in [0.1, 0.15) is 5.75 Å². The van der Waals surface area contributed by atoms with Gasteiger partial charge in [0.05, 0.1) is 18.1 Å². The molecule has 4 aromatic carbocycles. The Morgan fingerprint density at radius 1 is 0.825 bits per heavy atom. The molecule has 0 saturated heterocycles. The lowest BCUT2D eigenvalue weighted by atomic mass is 9.92. The van der Waals surface area contributed by atoms with E-state index in [2.05, 4.69) is 66.1 Å². The fraction of sp³-hybridized carbons (Fsp3) is 0.235. The molecule has 1 heterocycles. The van der Waals surface area contributed by atoms with Gasteiger partial charge in [0.2, 0.25) is 0 Å². The Morgan fingerprint density at radius 3 is 2.15 bits per heavy atom. The molecule has 1 aromatic heterocycles. The van der Waals surface area contributed by atoms with Crippen molar-refractivity contribution >= 4 is 21.0 Å². The van der Waals surface area contributed by atoms with Crippen molar-refractivity contribution in [3.8, 4) is 16.9 Å². The number of nitrogens with zero attached hydrogens (tertiary/aromatic N) is 1. The molecule has 0 saturated carbocycles. The van der Waals surface area contributed by atoms with Gasteiger partial charge in [-0.25, -0.2) is 0 Å². The Morgan fingerprint density at radius 2 is 1.48 bits per heavy atom. The predicted octanol–water partition coefficient (Wildman–Crippen LogP) is 7.24. The monoisotopic (exact) mass is 551 g/mol. The highest BCUT2D eigenvalue weighted by molar-refractivity contribution is 7.86. The zero-order valence-corrected chi connectivity index (χ0v) is 23.9. The number of rotatable bonds is 7. The second kappa shape index (κ2) is 10.6. The maximum atomic E-state index is 13.1. The summed E-state index contributed by atoms with van der Waals surface area (Å²) in [6, 6.07) is 30.2. The van der Waals surface area contributed by atoms with E-state index in [-0.39, 0.29) is 4.90 Å². The molecule has 0 spiro atoms. The number of benzene rings is 4. The summed E-state index contributed by atoms with van der Waals surface area (Å²) in [4.78, 5) is 0.201. The van der Waals surface area contributed by atoms with Crippen LogP contribution in [0.15, 0.2) is 95.9 Å². The van der Waals surface area contributed by atoms with Crippen LogP contribution in [0.2, 0.25) is 0 Å². The summed E-state index contributed by atoms with van der Waals surface area (Å²) in [5, 5.41) is 1.15. The van der Waals surface area contributed by atoms with Crippen LogP contribution in [0, 0.1) is 13.8 Å². The molecule has 0 aliphatic heterocycles. The number of aryl methyl sites for hydroxylation is 2. The molecule has 0 amide bonds. The molecule has 0 fully saturated rings. The first-order valence-corrected chi connectivity index (χ1v) is 15.1. The normalized spacial score (nSPS) is 15.2. The van der Waals surface area contributed by atoms with Crippen molar-refractivity contribution in [1.82, 2.24) is 4.57 Å².